The fraction of sp³-hybridized carbons (Fsp3) is 0.818. The molecule has 15 heavy (non-hydrogen) atoms. The van der Waals surface area contributed by atoms with Crippen LogP contribution in [0.25, 0.3) is 0 Å². The van der Waals surface area contributed by atoms with Gasteiger partial charge >= 0.3 is 0 Å². The smallest absolute Gasteiger partial charge is 0.0857 e. The van der Waals surface area contributed by atoms with Gasteiger partial charge in [0, 0.05) is 11.5 Å². The molecule has 1 heterocycles. The quantitative estimate of drug-likeness (QED) is 0.863. The van der Waals surface area contributed by atoms with Gasteiger partial charge in [-0.1, -0.05) is 39.1 Å². The van der Waals surface area contributed by atoms with Gasteiger partial charge in [-0.15, -0.1) is 5.10 Å². The Kier molecular flexibility index (Phi) is 3.84. The highest BCUT2D eigenvalue weighted by molar-refractivity contribution is 7.05. The molecule has 1 unspecified atom stereocenters. The summed E-state index contributed by atoms with van der Waals surface area (Å²) in [4.78, 5) is 1.28. The first kappa shape index (κ1) is 12.6. The van der Waals surface area contributed by atoms with Gasteiger partial charge in [0.25, 0.3) is 0 Å². The zero-order valence-corrected chi connectivity index (χ0v) is 11.3. The van der Waals surface area contributed by atoms with E-state index in [1.54, 1.807) is 0 Å². The Balaban J connectivity index is 3.09. The van der Waals surface area contributed by atoms with E-state index in [-0.39, 0.29) is 5.41 Å². The van der Waals surface area contributed by atoms with Crippen LogP contribution in [0.4, 0.5) is 0 Å². The van der Waals surface area contributed by atoms with Crippen molar-refractivity contribution in [1.29, 1.82) is 0 Å². The van der Waals surface area contributed by atoms with Crippen LogP contribution >= 0.6 is 11.5 Å². The number of rotatable bonds is 3. The van der Waals surface area contributed by atoms with Crippen LogP contribution in [0.3, 0.4) is 0 Å². The molecule has 0 saturated heterocycles. The highest BCUT2D eigenvalue weighted by Crippen LogP contribution is 2.33. The lowest BCUT2D eigenvalue weighted by atomic mass is 9.88. The van der Waals surface area contributed by atoms with Crippen molar-refractivity contribution in [1.82, 2.24) is 14.9 Å². The number of nitrogens with one attached hydrogen (secondary N) is 1. The Hall–Kier alpha value is -0.480. The SMILES string of the molecule is CNC(c1snnc1C(C)(C)C)C(C)C. The molecule has 0 bridgehead atoms. The molecule has 0 spiro atoms. The number of nitrogens with zero attached hydrogens (tertiary/aromatic N) is 2. The summed E-state index contributed by atoms with van der Waals surface area (Å²) in [6.45, 7) is 11.0. The zero-order valence-electron chi connectivity index (χ0n) is 10.5. The molecule has 1 rings (SSSR count). The third-order valence-corrected chi connectivity index (χ3v) is 3.29. The molecule has 1 N–H and O–H groups in total. The van der Waals surface area contributed by atoms with Crippen LogP contribution in [0.2, 0.25) is 0 Å². The first-order valence-corrected chi connectivity index (χ1v) is 6.15. The number of aromatic nitrogens is 2. The lowest BCUT2D eigenvalue weighted by molar-refractivity contribution is 0.436. The maximum atomic E-state index is 4.27. The summed E-state index contributed by atoms with van der Waals surface area (Å²) in [5.41, 5.74) is 1.20. The van der Waals surface area contributed by atoms with E-state index in [0.717, 1.165) is 5.69 Å². The van der Waals surface area contributed by atoms with Crippen LogP contribution in [0.5, 0.6) is 0 Å². The zero-order chi connectivity index (χ0) is 11.6. The second-order valence-corrected chi connectivity index (χ2v) is 6.03. The van der Waals surface area contributed by atoms with E-state index >= 15 is 0 Å². The Morgan fingerprint density at radius 3 is 2.27 bits per heavy atom. The molecule has 0 saturated carbocycles. The highest BCUT2D eigenvalue weighted by atomic mass is 32.1. The lowest BCUT2D eigenvalue weighted by Crippen LogP contribution is -2.25. The Labute approximate surface area is 96.5 Å². The molecule has 0 radical (unpaired) electrons. The second-order valence-electron chi connectivity index (χ2n) is 5.25. The minimum atomic E-state index is 0.0757. The summed E-state index contributed by atoms with van der Waals surface area (Å²) in [7, 11) is 2.00. The Morgan fingerprint density at radius 2 is 1.87 bits per heavy atom. The maximum absolute atomic E-state index is 4.27. The van der Waals surface area contributed by atoms with Gasteiger partial charge in [0.05, 0.1) is 10.6 Å². The van der Waals surface area contributed by atoms with Crippen molar-refractivity contribution >= 4 is 11.5 Å². The molecule has 0 amide bonds. The monoisotopic (exact) mass is 227 g/mol. The van der Waals surface area contributed by atoms with Crippen molar-refractivity contribution in [2.24, 2.45) is 5.92 Å². The molecule has 1 aromatic heterocycles. The largest absolute Gasteiger partial charge is 0.312 e. The van der Waals surface area contributed by atoms with Crippen molar-refractivity contribution < 1.29 is 0 Å². The van der Waals surface area contributed by atoms with E-state index in [1.165, 1.54) is 16.4 Å². The van der Waals surface area contributed by atoms with Gasteiger partial charge in [0.15, 0.2) is 0 Å². The summed E-state index contributed by atoms with van der Waals surface area (Å²) >= 11 is 1.51. The third-order valence-electron chi connectivity index (χ3n) is 2.48. The van der Waals surface area contributed by atoms with Crippen LogP contribution in [0.15, 0.2) is 0 Å². The second kappa shape index (κ2) is 4.58. The summed E-state index contributed by atoms with van der Waals surface area (Å²) in [5.74, 6) is 0.554. The van der Waals surface area contributed by atoms with Crippen molar-refractivity contribution in [2.45, 2.75) is 46.1 Å². The van der Waals surface area contributed by atoms with Crippen molar-refractivity contribution in [2.75, 3.05) is 7.05 Å². The average Bonchev–Trinajstić information content (AvgIpc) is 2.52. The molecule has 4 heteroatoms. The summed E-state index contributed by atoms with van der Waals surface area (Å²) in [5, 5.41) is 7.61. The van der Waals surface area contributed by atoms with E-state index in [9.17, 15) is 0 Å². The molecule has 3 nitrogen and oxygen atoms in total. The topological polar surface area (TPSA) is 37.8 Å². The molecule has 0 aliphatic carbocycles. The maximum Gasteiger partial charge on any atom is 0.0857 e. The van der Waals surface area contributed by atoms with Crippen molar-refractivity contribution in [3.63, 3.8) is 0 Å². The average molecular weight is 227 g/mol. The van der Waals surface area contributed by atoms with Gasteiger partial charge in [-0.2, -0.15) is 0 Å². The molecule has 1 aromatic rings. The molecule has 0 fully saturated rings. The van der Waals surface area contributed by atoms with Gasteiger partial charge in [0.1, 0.15) is 0 Å². The molecule has 0 aliphatic rings. The predicted molar refractivity (Wildman–Crippen MR) is 65.2 cm³/mol. The van der Waals surface area contributed by atoms with Crippen LogP contribution in [0.1, 0.15) is 51.2 Å². The molecule has 86 valence electrons. The van der Waals surface area contributed by atoms with Gasteiger partial charge in [-0.25, -0.2) is 0 Å². The fourth-order valence-corrected chi connectivity index (χ4v) is 2.84. The molecular formula is C11H21N3S. The third kappa shape index (κ3) is 2.75. The molecule has 1 atom stereocenters. The fourth-order valence-electron chi connectivity index (χ4n) is 1.69. The van der Waals surface area contributed by atoms with E-state index in [2.05, 4.69) is 49.5 Å². The predicted octanol–water partition coefficient (Wildman–Crippen LogP) is 2.75. The van der Waals surface area contributed by atoms with Crippen LogP contribution < -0.4 is 5.32 Å². The van der Waals surface area contributed by atoms with E-state index in [1.807, 2.05) is 7.05 Å². The first-order valence-electron chi connectivity index (χ1n) is 5.38. The van der Waals surface area contributed by atoms with Gasteiger partial charge in [0.2, 0.25) is 0 Å². The van der Waals surface area contributed by atoms with Crippen molar-refractivity contribution in [3.05, 3.63) is 10.6 Å². The van der Waals surface area contributed by atoms with Crippen LogP contribution in [-0.4, -0.2) is 16.6 Å². The number of hydrogen-bond donors (Lipinski definition) is 1. The van der Waals surface area contributed by atoms with Gasteiger partial charge in [-0.05, 0) is 24.5 Å². The normalized spacial score (nSPS) is 14.6. The first-order chi connectivity index (χ1) is 6.88. The Morgan fingerprint density at radius 1 is 1.27 bits per heavy atom. The molecular weight excluding hydrogens is 206 g/mol. The summed E-state index contributed by atoms with van der Waals surface area (Å²) in [6, 6.07) is 0.360. The van der Waals surface area contributed by atoms with Crippen LogP contribution in [0, 0.1) is 5.92 Å². The summed E-state index contributed by atoms with van der Waals surface area (Å²) < 4.78 is 4.09. The minimum Gasteiger partial charge on any atom is -0.312 e. The Bertz CT molecular complexity index is 312. The number of hydrogen-bond acceptors (Lipinski definition) is 4. The van der Waals surface area contributed by atoms with Crippen LogP contribution in [-0.2, 0) is 5.41 Å². The standard InChI is InChI=1S/C11H21N3S/c1-7(2)8(12-6)9-10(11(3,4)5)13-14-15-9/h7-8,12H,1-6H3. The van der Waals surface area contributed by atoms with E-state index < -0.39 is 0 Å². The molecule has 0 aliphatic heterocycles. The highest BCUT2D eigenvalue weighted by Gasteiger charge is 2.27. The molecule has 0 aromatic carbocycles. The van der Waals surface area contributed by atoms with Crippen molar-refractivity contribution in [3.8, 4) is 0 Å². The van der Waals surface area contributed by atoms with E-state index in [0.29, 0.717) is 12.0 Å². The minimum absolute atomic E-state index is 0.0757. The van der Waals surface area contributed by atoms with Gasteiger partial charge in [-0.3, -0.25) is 0 Å². The van der Waals surface area contributed by atoms with Gasteiger partial charge < -0.3 is 5.32 Å². The lowest BCUT2D eigenvalue weighted by Gasteiger charge is -2.23. The van der Waals surface area contributed by atoms with E-state index in [4.69, 9.17) is 0 Å². The summed E-state index contributed by atoms with van der Waals surface area (Å²) in [6.07, 6.45) is 0.